The van der Waals surface area contributed by atoms with Gasteiger partial charge in [0.15, 0.2) is 11.9 Å². The summed E-state index contributed by atoms with van der Waals surface area (Å²) in [6.07, 6.45) is -0.271. The molecule has 0 unspecified atom stereocenters. The Balaban J connectivity index is 1.60. The number of halogens is 2. The SMILES string of the molecule is COCCNC(=O)OCOc1c2n(cc(C(=O)NCc3ccc(F)cc3F)c1=O)C[C@H]1OC[C@H](C)N1C2=O. The third kappa shape index (κ3) is 5.60. The first-order valence-electron chi connectivity index (χ1n) is 11.7. The van der Waals surface area contributed by atoms with Crippen LogP contribution in [0.1, 0.15) is 33.3 Å². The van der Waals surface area contributed by atoms with Gasteiger partial charge in [-0.3, -0.25) is 14.4 Å². The Labute approximate surface area is 215 Å². The van der Waals surface area contributed by atoms with Gasteiger partial charge in [0.05, 0.1) is 25.8 Å². The van der Waals surface area contributed by atoms with Gasteiger partial charge in [-0.05, 0) is 13.0 Å². The van der Waals surface area contributed by atoms with Gasteiger partial charge in [0.1, 0.15) is 17.2 Å². The van der Waals surface area contributed by atoms with E-state index in [9.17, 15) is 28.0 Å². The predicted octanol–water partition coefficient (Wildman–Crippen LogP) is 0.966. The molecule has 3 amide bonds. The summed E-state index contributed by atoms with van der Waals surface area (Å²) in [6, 6.07) is 2.61. The van der Waals surface area contributed by atoms with Crippen LogP contribution in [0.5, 0.6) is 5.75 Å². The number of benzene rings is 1. The molecule has 1 fully saturated rings. The van der Waals surface area contributed by atoms with Crippen molar-refractivity contribution in [3.63, 3.8) is 0 Å². The van der Waals surface area contributed by atoms with Crippen molar-refractivity contribution in [3.05, 3.63) is 63.1 Å². The molecule has 0 spiro atoms. The number of pyridine rings is 1. The summed E-state index contributed by atoms with van der Waals surface area (Å²) in [4.78, 5) is 52.8. The first kappa shape index (κ1) is 27.0. The van der Waals surface area contributed by atoms with Gasteiger partial charge >= 0.3 is 6.09 Å². The van der Waals surface area contributed by atoms with E-state index in [1.165, 1.54) is 28.8 Å². The monoisotopic (exact) mass is 536 g/mol. The van der Waals surface area contributed by atoms with Crippen molar-refractivity contribution >= 4 is 17.9 Å². The van der Waals surface area contributed by atoms with Crippen LogP contribution in [0.15, 0.2) is 29.2 Å². The highest BCUT2D eigenvalue weighted by Crippen LogP contribution is 2.30. The van der Waals surface area contributed by atoms with Crippen molar-refractivity contribution in [3.8, 4) is 5.75 Å². The largest absolute Gasteiger partial charge is 0.451 e. The highest BCUT2D eigenvalue weighted by Gasteiger charge is 2.43. The van der Waals surface area contributed by atoms with Crippen molar-refractivity contribution in [2.24, 2.45) is 0 Å². The molecule has 38 heavy (non-hydrogen) atoms. The molecule has 12 nitrogen and oxygen atoms in total. The zero-order chi connectivity index (χ0) is 27.4. The van der Waals surface area contributed by atoms with Gasteiger partial charge in [-0.15, -0.1) is 0 Å². The quantitative estimate of drug-likeness (QED) is 0.357. The van der Waals surface area contributed by atoms with E-state index < -0.39 is 59.3 Å². The molecule has 2 aromatic rings. The fourth-order valence-electron chi connectivity index (χ4n) is 4.14. The fourth-order valence-corrected chi connectivity index (χ4v) is 4.14. The van der Waals surface area contributed by atoms with Crippen LogP contribution in [0.25, 0.3) is 0 Å². The van der Waals surface area contributed by atoms with E-state index in [1.54, 1.807) is 6.92 Å². The molecular weight excluding hydrogens is 510 g/mol. The number of carbonyl (C=O) groups excluding carboxylic acids is 3. The summed E-state index contributed by atoms with van der Waals surface area (Å²) in [5, 5.41) is 4.82. The lowest BCUT2D eigenvalue weighted by Crippen LogP contribution is -2.49. The molecule has 2 atom stereocenters. The molecule has 2 aliphatic rings. The van der Waals surface area contributed by atoms with E-state index in [4.69, 9.17) is 18.9 Å². The van der Waals surface area contributed by atoms with Gasteiger partial charge in [0.2, 0.25) is 18.0 Å². The molecule has 0 saturated carbocycles. The molecule has 1 aromatic carbocycles. The van der Waals surface area contributed by atoms with Gasteiger partial charge in [-0.1, -0.05) is 6.07 Å². The van der Waals surface area contributed by atoms with Crippen LogP contribution in [0, 0.1) is 11.6 Å². The van der Waals surface area contributed by atoms with Crippen molar-refractivity contribution in [2.75, 3.05) is 33.7 Å². The van der Waals surface area contributed by atoms with E-state index in [2.05, 4.69) is 10.6 Å². The summed E-state index contributed by atoms with van der Waals surface area (Å²) in [5.74, 6) is -3.56. The molecule has 1 saturated heterocycles. The smallest absolute Gasteiger partial charge is 0.410 e. The minimum atomic E-state index is -0.934. The zero-order valence-corrected chi connectivity index (χ0v) is 20.6. The number of nitrogens with zero attached hydrogens (tertiary/aromatic N) is 2. The Morgan fingerprint density at radius 2 is 2.00 bits per heavy atom. The minimum absolute atomic E-state index is 0.00123. The number of fused-ring (bicyclic) bond motifs is 2. The maximum Gasteiger partial charge on any atom is 0.410 e. The second-order valence-corrected chi connectivity index (χ2v) is 8.58. The number of hydrogen-bond donors (Lipinski definition) is 2. The lowest BCUT2D eigenvalue weighted by molar-refractivity contribution is 0.00498. The molecule has 4 rings (SSSR count). The van der Waals surface area contributed by atoms with Crippen molar-refractivity contribution in [1.82, 2.24) is 20.1 Å². The van der Waals surface area contributed by atoms with Crippen molar-refractivity contribution < 1.29 is 42.1 Å². The maximum absolute atomic E-state index is 14.0. The summed E-state index contributed by atoms with van der Waals surface area (Å²) >= 11 is 0. The number of methoxy groups -OCH3 is 1. The first-order valence-corrected chi connectivity index (χ1v) is 11.7. The molecule has 3 heterocycles. The van der Waals surface area contributed by atoms with Crippen LogP contribution < -0.4 is 20.8 Å². The lowest BCUT2D eigenvalue weighted by atomic mass is 10.1. The van der Waals surface area contributed by atoms with Crippen molar-refractivity contribution in [1.29, 1.82) is 0 Å². The van der Waals surface area contributed by atoms with Crippen LogP contribution in [-0.2, 0) is 27.3 Å². The predicted molar refractivity (Wildman–Crippen MR) is 125 cm³/mol. The first-order chi connectivity index (χ1) is 18.2. The van der Waals surface area contributed by atoms with Gasteiger partial charge in [0.25, 0.3) is 11.8 Å². The van der Waals surface area contributed by atoms with Gasteiger partial charge in [0, 0.05) is 38.0 Å². The summed E-state index contributed by atoms with van der Waals surface area (Å²) < 4.78 is 49.4. The van der Waals surface area contributed by atoms with Gasteiger partial charge < -0.3 is 39.0 Å². The number of carbonyl (C=O) groups is 3. The Kier molecular flexibility index (Phi) is 8.22. The van der Waals surface area contributed by atoms with Crippen LogP contribution in [0.2, 0.25) is 0 Å². The number of amides is 3. The Morgan fingerprint density at radius 1 is 1.21 bits per heavy atom. The molecular formula is C24H26F2N4O8. The van der Waals surface area contributed by atoms with Gasteiger partial charge in [-0.25, -0.2) is 13.6 Å². The molecule has 204 valence electrons. The second kappa shape index (κ2) is 11.6. The lowest BCUT2D eigenvalue weighted by Gasteiger charge is -2.34. The zero-order valence-electron chi connectivity index (χ0n) is 20.6. The Morgan fingerprint density at radius 3 is 2.74 bits per heavy atom. The molecule has 2 aliphatic heterocycles. The normalized spacial score (nSPS) is 18.0. The molecule has 0 radical (unpaired) electrons. The number of alkyl carbamates (subject to hydrolysis) is 1. The number of rotatable bonds is 9. The Bertz CT molecular complexity index is 1300. The van der Waals surface area contributed by atoms with Crippen molar-refractivity contribution in [2.45, 2.75) is 32.3 Å². The topological polar surface area (TPSA) is 137 Å². The standard InChI is InChI=1S/C24H26F2N4O8/c1-13-11-36-18-10-29-9-16(22(32)28-8-14-3-4-15(25)7-17(14)26)20(31)21(19(29)23(33)30(13)18)37-12-38-24(34)27-5-6-35-2/h3-4,7,9,13,18H,5-6,8,10-12H2,1-2H3,(H,27,34)(H,28,32)/t13-,18+/m0/s1. The fraction of sp³-hybridized carbons (Fsp3) is 0.417. The van der Waals surface area contributed by atoms with Crippen LogP contribution in [0.4, 0.5) is 13.6 Å². The number of hydrogen-bond acceptors (Lipinski definition) is 8. The number of nitrogens with one attached hydrogen (secondary N) is 2. The molecule has 14 heteroatoms. The number of aromatic nitrogens is 1. The molecule has 0 bridgehead atoms. The summed E-state index contributed by atoms with van der Waals surface area (Å²) in [7, 11) is 1.46. The third-order valence-corrected chi connectivity index (χ3v) is 6.01. The molecule has 0 aliphatic carbocycles. The summed E-state index contributed by atoms with van der Waals surface area (Å²) in [6.45, 7) is 1.54. The van der Waals surface area contributed by atoms with E-state index in [-0.39, 0.29) is 50.1 Å². The average Bonchev–Trinajstić information content (AvgIpc) is 3.25. The van der Waals surface area contributed by atoms with Gasteiger partial charge in [-0.2, -0.15) is 0 Å². The summed E-state index contributed by atoms with van der Waals surface area (Å²) in [5.41, 5.74) is -1.46. The van der Waals surface area contributed by atoms with E-state index in [1.807, 2.05) is 0 Å². The van der Waals surface area contributed by atoms with E-state index in [0.29, 0.717) is 6.07 Å². The minimum Gasteiger partial charge on any atom is -0.451 e. The highest BCUT2D eigenvalue weighted by atomic mass is 19.1. The highest BCUT2D eigenvalue weighted by molar-refractivity contribution is 5.99. The van der Waals surface area contributed by atoms with E-state index in [0.717, 1.165) is 6.07 Å². The molecule has 1 aromatic heterocycles. The van der Waals surface area contributed by atoms with Crippen LogP contribution in [-0.4, -0.2) is 73.3 Å². The van der Waals surface area contributed by atoms with E-state index >= 15 is 0 Å². The average molecular weight is 536 g/mol. The molecule has 2 N–H and O–H groups in total. The second-order valence-electron chi connectivity index (χ2n) is 8.58. The third-order valence-electron chi connectivity index (χ3n) is 6.01. The number of ether oxygens (including phenoxy) is 4. The van der Waals surface area contributed by atoms with Crippen LogP contribution >= 0.6 is 0 Å². The Hall–Kier alpha value is -4.04. The van der Waals surface area contributed by atoms with Crippen LogP contribution in [0.3, 0.4) is 0 Å². The maximum atomic E-state index is 14.0.